The molecule has 0 saturated carbocycles. The molecule has 0 aliphatic carbocycles. The molecular weight excluding hydrogens is 332 g/mol. The van der Waals surface area contributed by atoms with Crippen LogP contribution in [0.4, 0.5) is 0 Å². The van der Waals surface area contributed by atoms with Gasteiger partial charge in [0.05, 0.1) is 11.6 Å². The summed E-state index contributed by atoms with van der Waals surface area (Å²) >= 11 is 0. The first-order valence-electron chi connectivity index (χ1n) is 8.90. The molecule has 0 radical (unpaired) electrons. The Kier molecular flexibility index (Phi) is 5.65. The van der Waals surface area contributed by atoms with Crippen molar-refractivity contribution in [2.24, 2.45) is 5.92 Å². The van der Waals surface area contributed by atoms with Crippen LogP contribution in [0.5, 0.6) is 0 Å². The van der Waals surface area contributed by atoms with Gasteiger partial charge in [-0.1, -0.05) is 5.16 Å². The van der Waals surface area contributed by atoms with Crippen LogP contribution in [0.1, 0.15) is 35.4 Å². The molecule has 7 heteroatoms. The summed E-state index contributed by atoms with van der Waals surface area (Å²) in [6, 6.07) is 3.77. The average Bonchev–Trinajstić information content (AvgIpc) is 3.16. The summed E-state index contributed by atoms with van der Waals surface area (Å²) in [4.78, 5) is 30.2. The normalized spacial score (nSPS) is 16.9. The van der Waals surface area contributed by atoms with E-state index in [4.69, 9.17) is 4.52 Å². The number of aryl methyl sites for hydroxylation is 2. The van der Waals surface area contributed by atoms with Gasteiger partial charge in [-0.15, -0.1) is 0 Å². The summed E-state index contributed by atoms with van der Waals surface area (Å²) in [7, 11) is 0. The van der Waals surface area contributed by atoms with Gasteiger partial charge < -0.3 is 14.7 Å². The van der Waals surface area contributed by atoms with Gasteiger partial charge in [-0.05, 0) is 44.4 Å². The number of hydrogen-bond acceptors (Lipinski definition) is 5. The SMILES string of the molecule is Cc1noc(C)c1CCCNC(=O)C1CC(=O)N(Cc2ccncc2)C1. The molecule has 26 heavy (non-hydrogen) atoms. The summed E-state index contributed by atoms with van der Waals surface area (Å²) in [5.41, 5.74) is 3.04. The Hall–Kier alpha value is -2.70. The highest BCUT2D eigenvalue weighted by molar-refractivity contribution is 5.89. The zero-order valence-corrected chi connectivity index (χ0v) is 15.2. The van der Waals surface area contributed by atoms with Gasteiger partial charge in [0.2, 0.25) is 11.8 Å². The number of amides is 2. The molecule has 3 rings (SSSR count). The van der Waals surface area contributed by atoms with Gasteiger partial charge in [0.25, 0.3) is 0 Å². The van der Waals surface area contributed by atoms with E-state index in [1.54, 1.807) is 17.3 Å². The van der Waals surface area contributed by atoms with Crippen LogP contribution in [0.3, 0.4) is 0 Å². The fraction of sp³-hybridized carbons (Fsp3) is 0.474. The molecule has 138 valence electrons. The van der Waals surface area contributed by atoms with Crippen molar-refractivity contribution in [3.63, 3.8) is 0 Å². The lowest BCUT2D eigenvalue weighted by Gasteiger charge is -2.16. The first-order valence-corrected chi connectivity index (χ1v) is 8.90. The first-order chi connectivity index (χ1) is 12.5. The third kappa shape index (κ3) is 4.28. The van der Waals surface area contributed by atoms with E-state index in [0.29, 0.717) is 19.6 Å². The highest BCUT2D eigenvalue weighted by Gasteiger charge is 2.33. The Morgan fingerprint density at radius 1 is 1.35 bits per heavy atom. The molecule has 1 saturated heterocycles. The number of nitrogens with zero attached hydrogens (tertiary/aromatic N) is 3. The van der Waals surface area contributed by atoms with E-state index >= 15 is 0 Å². The molecule has 0 spiro atoms. The number of carbonyl (C=O) groups is 2. The minimum atomic E-state index is -0.275. The number of likely N-dealkylation sites (tertiary alicyclic amines) is 1. The minimum Gasteiger partial charge on any atom is -0.361 e. The fourth-order valence-corrected chi connectivity index (χ4v) is 3.29. The fourth-order valence-electron chi connectivity index (χ4n) is 3.29. The number of carbonyl (C=O) groups excluding carboxylic acids is 2. The molecule has 1 aliphatic heterocycles. The Labute approximate surface area is 152 Å². The average molecular weight is 356 g/mol. The molecule has 1 atom stereocenters. The van der Waals surface area contributed by atoms with E-state index in [1.807, 2.05) is 26.0 Å². The molecule has 0 aromatic carbocycles. The van der Waals surface area contributed by atoms with E-state index in [9.17, 15) is 9.59 Å². The standard InChI is InChI=1S/C19H24N4O3/c1-13-17(14(2)26-22-13)4-3-7-21-19(25)16-10-18(24)23(12-16)11-15-5-8-20-9-6-15/h5-6,8-9,16H,3-4,7,10-12H2,1-2H3,(H,21,25). The van der Waals surface area contributed by atoms with Crippen LogP contribution in [0.2, 0.25) is 0 Å². The van der Waals surface area contributed by atoms with Crippen LogP contribution < -0.4 is 5.32 Å². The second-order valence-electron chi connectivity index (χ2n) is 6.73. The molecule has 1 unspecified atom stereocenters. The second kappa shape index (κ2) is 8.12. The molecule has 2 aromatic rings. The number of aromatic nitrogens is 2. The predicted molar refractivity (Wildman–Crippen MR) is 95.1 cm³/mol. The Bertz CT molecular complexity index is 753. The number of nitrogens with one attached hydrogen (secondary N) is 1. The Morgan fingerprint density at radius 3 is 2.81 bits per heavy atom. The number of rotatable bonds is 7. The Morgan fingerprint density at radius 2 is 2.12 bits per heavy atom. The lowest BCUT2D eigenvalue weighted by molar-refractivity contribution is -0.129. The molecule has 1 aliphatic rings. The lowest BCUT2D eigenvalue weighted by Crippen LogP contribution is -2.33. The van der Waals surface area contributed by atoms with Crippen molar-refractivity contribution in [2.45, 2.75) is 39.7 Å². The van der Waals surface area contributed by atoms with Gasteiger partial charge >= 0.3 is 0 Å². The van der Waals surface area contributed by atoms with Crippen molar-refractivity contribution < 1.29 is 14.1 Å². The van der Waals surface area contributed by atoms with Crippen molar-refractivity contribution in [3.05, 3.63) is 47.1 Å². The maximum Gasteiger partial charge on any atom is 0.225 e. The Balaban J connectivity index is 1.43. The van der Waals surface area contributed by atoms with Crippen LogP contribution in [0, 0.1) is 19.8 Å². The highest BCUT2D eigenvalue weighted by atomic mass is 16.5. The first kappa shape index (κ1) is 18.1. The summed E-state index contributed by atoms with van der Waals surface area (Å²) in [6.07, 6.45) is 5.33. The van der Waals surface area contributed by atoms with Gasteiger partial charge in [-0.3, -0.25) is 14.6 Å². The molecule has 2 aromatic heterocycles. The molecular formula is C19H24N4O3. The third-order valence-corrected chi connectivity index (χ3v) is 4.79. The molecule has 2 amide bonds. The minimum absolute atomic E-state index is 0.0256. The highest BCUT2D eigenvalue weighted by Crippen LogP contribution is 2.20. The van der Waals surface area contributed by atoms with Gasteiger partial charge in [0, 0.05) is 44.0 Å². The summed E-state index contributed by atoms with van der Waals surface area (Å²) in [5.74, 6) is 0.539. The van der Waals surface area contributed by atoms with Crippen molar-refractivity contribution in [3.8, 4) is 0 Å². The van der Waals surface area contributed by atoms with Gasteiger partial charge in [0.15, 0.2) is 0 Å². The zero-order chi connectivity index (χ0) is 18.5. The third-order valence-electron chi connectivity index (χ3n) is 4.79. The quantitative estimate of drug-likeness (QED) is 0.764. The van der Waals surface area contributed by atoms with Gasteiger partial charge in [-0.25, -0.2) is 0 Å². The summed E-state index contributed by atoms with van der Waals surface area (Å²) in [6.45, 7) is 5.40. The van der Waals surface area contributed by atoms with Crippen molar-refractivity contribution >= 4 is 11.8 Å². The molecule has 1 N–H and O–H groups in total. The zero-order valence-electron chi connectivity index (χ0n) is 15.2. The van der Waals surface area contributed by atoms with Crippen molar-refractivity contribution in [1.82, 2.24) is 20.4 Å². The molecule has 7 nitrogen and oxygen atoms in total. The second-order valence-corrected chi connectivity index (χ2v) is 6.73. The largest absolute Gasteiger partial charge is 0.361 e. The summed E-state index contributed by atoms with van der Waals surface area (Å²) in [5, 5.41) is 6.89. The van der Waals surface area contributed by atoms with Crippen LogP contribution in [0.25, 0.3) is 0 Å². The van der Waals surface area contributed by atoms with Crippen molar-refractivity contribution in [2.75, 3.05) is 13.1 Å². The van der Waals surface area contributed by atoms with E-state index in [0.717, 1.165) is 35.4 Å². The van der Waals surface area contributed by atoms with Crippen LogP contribution in [0.15, 0.2) is 29.0 Å². The van der Waals surface area contributed by atoms with E-state index in [-0.39, 0.29) is 24.2 Å². The van der Waals surface area contributed by atoms with Gasteiger partial charge in [-0.2, -0.15) is 0 Å². The van der Waals surface area contributed by atoms with E-state index in [1.165, 1.54) is 0 Å². The number of hydrogen-bond donors (Lipinski definition) is 1. The van der Waals surface area contributed by atoms with Crippen molar-refractivity contribution in [1.29, 1.82) is 0 Å². The molecule has 0 bridgehead atoms. The smallest absolute Gasteiger partial charge is 0.225 e. The predicted octanol–water partition coefficient (Wildman–Crippen LogP) is 1.78. The maximum absolute atomic E-state index is 12.4. The topological polar surface area (TPSA) is 88.3 Å². The van der Waals surface area contributed by atoms with Gasteiger partial charge in [0.1, 0.15) is 5.76 Å². The maximum atomic E-state index is 12.4. The van der Waals surface area contributed by atoms with E-state index in [2.05, 4.69) is 15.5 Å². The van der Waals surface area contributed by atoms with Crippen LogP contribution in [-0.4, -0.2) is 39.9 Å². The summed E-state index contributed by atoms with van der Waals surface area (Å²) < 4.78 is 5.14. The monoisotopic (exact) mass is 356 g/mol. The molecule has 3 heterocycles. The molecule has 1 fully saturated rings. The van der Waals surface area contributed by atoms with E-state index < -0.39 is 0 Å². The van der Waals surface area contributed by atoms with Crippen LogP contribution in [-0.2, 0) is 22.6 Å². The number of pyridine rings is 1. The van der Waals surface area contributed by atoms with Crippen LogP contribution >= 0.6 is 0 Å². The lowest BCUT2D eigenvalue weighted by atomic mass is 10.1.